The molecule has 0 fully saturated rings. The van der Waals surface area contributed by atoms with E-state index in [-0.39, 0.29) is 17.9 Å². The number of nitrogens with zero attached hydrogens (tertiary/aromatic N) is 1. The summed E-state index contributed by atoms with van der Waals surface area (Å²) in [6.45, 7) is 3.29. The average molecular weight is 401 g/mol. The molecule has 0 unspecified atom stereocenters. The van der Waals surface area contributed by atoms with Gasteiger partial charge in [-0.3, -0.25) is 14.9 Å². The smallest absolute Gasteiger partial charge is 0.423 e. The molecule has 2 rings (SSSR count). The van der Waals surface area contributed by atoms with E-state index in [1.54, 1.807) is 24.3 Å². The second-order valence-corrected chi connectivity index (χ2v) is 5.72. The zero-order valence-electron chi connectivity index (χ0n) is 13.5. The van der Waals surface area contributed by atoms with Crippen molar-refractivity contribution in [3.8, 4) is 5.75 Å². The number of alkyl halides is 3. The Kier molecular flexibility index (Phi) is 6.06. The highest BCUT2D eigenvalue weighted by atomic mass is 35.5. The lowest BCUT2D eigenvalue weighted by atomic mass is 10.1. The van der Waals surface area contributed by atoms with Gasteiger partial charge in [-0.05, 0) is 36.4 Å². The van der Waals surface area contributed by atoms with Gasteiger partial charge in [0.2, 0.25) is 0 Å². The highest BCUT2D eigenvalue weighted by Crippen LogP contribution is 2.37. The third-order valence-corrected chi connectivity index (χ3v) is 3.56. The summed E-state index contributed by atoms with van der Waals surface area (Å²) in [4.78, 5) is 21.6. The van der Waals surface area contributed by atoms with Gasteiger partial charge in [0.25, 0.3) is 11.6 Å². The van der Waals surface area contributed by atoms with Crippen molar-refractivity contribution >= 4 is 28.9 Å². The van der Waals surface area contributed by atoms with E-state index in [0.29, 0.717) is 22.9 Å². The number of ether oxygens (including phenoxy) is 1. The zero-order valence-corrected chi connectivity index (χ0v) is 14.3. The minimum absolute atomic E-state index is 0.0585. The van der Waals surface area contributed by atoms with E-state index in [1.807, 2.05) is 0 Å². The van der Waals surface area contributed by atoms with Gasteiger partial charge in [-0.15, -0.1) is 0 Å². The van der Waals surface area contributed by atoms with E-state index in [0.717, 1.165) is 6.07 Å². The van der Waals surface area contributed by atoms with Crippen LogP contribution in [-0.4, -0.2) is 17.4 Å². The molecule has 0 bridgehead atoms. The first-order valence-corrected chi connectivity index (χ1v) is 7.69. The van der Waals surface area contributed by atoms with Crippen LogP contribution in [0.3, 0.4) is 0 Å². The lowest BCUT2D eigenvalue weighted by Crippen LogP contribution is -2.19. The number of nitro groups is 1. The van der Waals surface area contributed by atoms with Gasteiger partial charge in [0, 0.05) is 22.3 Å². The van der Waals surface area contributed by atoms with Crippen molar-refractivity contribution in [2.45, 2.75) is 6.18 Å². The monoisotopic (exact) mass is 400 g/mol. The number of carbonyl (C=O) groups excluding carboxylic acids is 1. The summed E-state index contributed by atoms with van der Waals surface area (Å²) >= 11 is 5.73. The van der Waals surface area contributed by atoms with Crippen molar-refractivity contribution in [1.29, 1.82) is 0 Å². The molecule has 0 aliphatic rings. The van der Waals surface area contributed by atoms with Crippen LogP contribution in [0.4, 0.5) is 24.5 Å². The quantitative estimate of drug-likeness (QED) is 0.427. The molecule has 2 aromatic carbocycles. The zero-order chi connectivity index (χ0) is 20.2. The number of nitro benzene ring substituents is 1. The molecule has 0 atom stereocenters. The van der Waals surface area contributed by atoms with Crippen LogP contribution < -0.4 is 10.1 Å². The number of benzene rings is 2. The van der Waals surface area contributed by atoms with Gasteiger partial charge < -0.3 is 10.1 Å². The Balaban J connectivity index is 2.07. The van der Waals surface area contributed by atoms with E-state index in [1.165, 1.54) is 0 Å². The Bertz CT molecular complexity index is 883. The van der Waals surface area contributed by atoms with E-state index < -0.39 is 28.3 Å². The van der Waals surface area contributed by atoms with Crippen LogP contribution in [0.25, 0.3) is 0 Å². The van der Waals surface area contributed by atoms with Crippen LogP contribution in [0.1, 0.15) is 5.56 Å². The standard InChI is InChI=1S/C17H12ClF3N2O4/c1-10(9-27-13-5-2-11(18)3-6-13)16(24)22-12-4-7-15(23(25)26)14(8-12)17(19,20)21/h2-8H,1,9H2,(H,22,24). The maximum absolute atomic E-state index is 13.0. The maximum atomic E-state index is 13.0. The van der Waals surface area contributed by atoms with E-state index in [4.69, 9.17) is 16.3 Å². The van der Waals surface area contributed by atoms with Crippen LogP contribution in [0, 0.1) is 10.1 Å². The molecule has 0 aromatic heterocycles. The molecule has 0 saturated heterocycles. The minimum atomic E-state index is -4.95. The van der Waals surface area contributed by atoms with Crippen molar-refractivity contribution < 1.29 is 27.6 Å². The SMILES string of the molecule is C=C(COc1ccc(Cl)cc1)C(=O)Nc1ccc([N+](=O)[O-])c(C(F)(F)F)c1. The normalized spacial score (nSPS) is 11.0. The molecule has 1 N–H and O–H groups in total. The maximum Gasteiger partial charge on any atom is 0.423 e. The van der Waals surface area contributed by atoms with Crippen molar-refractivity contribution in [3.63, 3.8) is 0 Å². The molecule has 142 valence electrons. The third-order valence-electron chi connectivity index (χ3n) is 3.30. The highest BCUT2D eigenvalue weighted by Gasteiger charge is 2.38. The Labute approximate surface area is 156 Å². The van der Waals surface area contributed by atoms with Crippen LogP contribution in [-0.2, 0) is 11.0 Å². The van der Waals surface area contributed by atoms with Gasteiger partial charge in [0.15, 0.2) is 0 Å². The number of hydrogen-bond donors (Lipinski definition) is 1. The molecule has 0 saturated carbocycles. The van der Waals surface area contributed by atoms with Gasteiger partial charge in [-0.25, -0.2) is 0 Å². The first kappa shape index (κ1) is 20.2. The fourth-order valence-corrected chi connectivity index (χ4v) is 2.11. The molecule has 10 heteroatoms. The Morgan fingerprint density at radius 2 is 1.85 bits per heavy atom. The van der Waals surface area contributed by atoms with Crippen molar-refractivity contribution in [2.75, 3.05) is 11.9 Å². The Morgan fingerprint density at radius 1 is 1.22 bits per heavy atom. The lowest BCUT2D eigenvalue weighted by Gasteiger charge is -2.12. The number of hydrogen-bond acceptors (Lipinski definition) is 4. The molecule has 0 aliphatic heterocycles. The van der Waals surface area contributed by atoms with Crippen molar-refractivity contribution in [1.82, 2.24) is 0 Å². The second-order valence-electron chi connectivity index (χ2n) is 5.29. The summed E-state index contributed by atoms with van der Waals surface area (Å²) in [6.07, 6.45) is -4.95. The largest absolute Gasteiger partial charge is 0.489 e. The number of nitrogens with one attached hydrogen (secondary N) is 1. The van der Waals surface area contributed by atoms with Crippen LogP contribution in [0.15, 0.2) is 54.6 Å². The summed E-state index contributed by atoms with van der Waals surface area (Å²) in [5, 5.41) is 13.4. The number of carbonyl (C=O) groups is 1. The Morgan fingerprint density at radius 3 is 2.41 bits per heavy atom. The number of amides is 1. The minimum Gasteiger partial charge on any atom is -0.489 e. The fraction of sp³-hybridized carbons (Fsp3) is 0.118. The summed E-state index contributed by atoms with van der Waals surface area (Å²) in [5.41, 5.74) is -2.89. The predicted molar refractivity (Wildman–Crippen MR) is 92.8 cm³/mol. The predicted octanol–water partition coefficient (Wildman–Crippen LogP) is 4.84. The molecule has 0 heterocycles. The summed E-state index contributed by atoms with van der Waals surface area (Å²) in [6, 6.07) is 8.46. The molecular formula is C17H12ClF3N2O4. The molecular weight excluding hydrogens is 389 g/mol. The molecule has 1 amide bonds. The summed E-state index contributed by atoms with van der Waals surface area (Å²) < 4.78 is 44.2. The molecule has 0 radical (unpaired) electrons. The highest BCUT2D eigenvalue weighted by molar-refractivity contribution is 6.30. The van der Waals surface area contributed by atoms with E-state index in [9.17, 15) is 28.1 Å². The van der Waals surface area contributed by atoms with Crippen LogP contribution in [0.2, 0.25) is 5.02 Å². The van der Waals surface area contributed by atoms with Crippen LogP contribution in [0.5, 0.6) is 5.75 Å². The number of anilines is 1. The fourth-order valence-electron chi connectivity index (χ4n) is 1.99. The molecule has 27 heavy (non-hydrogen) atoms. The molecule has 6 nitrogen and oxygen atoms in total. The first-order chi connectivity index (χ1) is 12.6. The molecule has 2 aromatic rings. The van der Waals surface area contributed by atoms with Gasteiger partial charge in [-0.2, -0.15) is 13.2 Å². The Hall–Kier alpha value is -3.07. The van der Waals surface area contributed by atoms with E-state index in [2.05, 4.69) is 11.9 Å². The lowest BCUT2D eigenvalue weighted by molar-refractivity contribution is -0.388. The third kappa shape index (κ3) is 5.45. The van der Waals surface area contributed by atoms with Gasteiger partial charge in [0.05, 0.1) is 4.92 Å². The number of rotatable bonds is 6. The van der Waals surface area contributed by atoms with Crippen molar-refractivity contribution in [3.05, 3.63) is 75.3 Å². The van der Waals surface area contributed by atoms with Crippen LogP contribution >= 0.6 is 11.6 Å². The first-order valence-electron chi connectivity index (χ1n) is 7.31. The average Bonchev–Trinajstić information content (AvgIpc) is 2.60. The number of halogens is 4. The van der Waals surface area contributed by atoms with Gasteiger partial charge in [-0.1, -0.05) is 18.2 Å². The van der Waals surface area contributed by atoms with Crippen molar-refractivity contribution in [2.24, 2.45) is 0 Å². The summed E-state index contributed by atoms with van der Waals surface area (Å²) in [5.74, 6) is -0.367. The molecule has 0 aliphatic carbocycles. The van der Waals surface area contributed by atoms with E-state index >= 15 is 0 Å². The van der Waals surface area contributed by atoms with Gasteiger partial charge in [0.1, 0.15) is 17.9 Å². The summed E-state index contributed by atoms with van der Waals surface area (Å²) in [7, 11) is 0. The van der Waals surface area contributed by atoms with Gasteiger partial charge >= 0.3 is 6.18 Å². The second kappa shape index (κ2) is 8.09. The molecule has 0 spiro atoms. The topological polar surface area (TPSA) is 81.5 Å².